The summed E-state index contributed by atoms with van der Waals surface area (Å²) in [5.41, 5.74) is 2.53. The second-order valence-electron chi connectivity index (χ2n) is 5.32. The molecule has 1 N–H and O–H groups in total. The van der Waals surface area contributed by atoms with Crippen molar-refractivity contribution < 1.29 is 0 Å². The van der Waals surface area contributed by atoms with Gasteiger partial charge in [-0.25, -0.2) is 4.98 Å². The monoisotopic (exact) mass is 274 g/mol. The third kappa shape index (κ3) is 3.57. The molecule has 0 aliphatic rings. The van der Waals surface area contributed by atoms with Crippen LogP contribution in [0, 0.1) is 6.92 Å². The van der Waals surface area contributed by atoms with Crippen molar-refractivity contribution >= 4 is 16.5 Å². The van der Waals surface area contributed by atoms with Gasteiger partial charge in [-0.15, -0.1) is 11.3 Å². The van der Waals surface area contributed by atoms with Crippen LogP contribution in [0.2, 0.25) is 0 Å². The molecule has 0 saturated heterocycles. The van der Waals surface area contributed by atoms with Gasteiger partial charge >= 0.3 is 0 Å². The molecule has 102 valence electrons. The van der Waals surface area contributed by atoms with E-state index in [9.17, 15) is 0 Å². The van der Waals surface area contributed by atoms with Gasteiger partial charge < -0.3 is 5.32 Å². The maximum absolute atomic E-state index is 4.60. The van der Waals surface area contributed by atoms with Gasteiger partial charge in [-0.1, -0.05) is 51.1 Å². The molecule has 3 heteroatoms. The first kappa shape index (κ1) is 14.1. The molecular weight excluding hydrogens is 252 g/mol. The number of nitrogens with one attached hydrogen (secondary N) is 1. The summed E-state index contributed by atoms with van der Waals surface area (Å²) in [6.45, 7) is 9.70. The van der Waals surface area contributed by atoms with E-state index < -0.39 is 0 Å². The molecule has 1 atom stereocenters. The van der Waals surface area contributed by atoms with Crippen molar-refractivity contribution in [2.24, 2.45) is 0 Å². The minimum absolute atomic E-state index is 0.493. The molecule has 19 heavy (non-hydrogen) atoms. The number of aromatic nitrogens is 1. The van der Waals surface area contributed by atoms with Gasteiger partial charge in [0, 0.05) is 11.4 Å². The number of hydrogen-bond acceptors (Lipinski definition) is 3. The lowest BCUT2D eigenvalue weighted by molar-refractivity contribution is 0.803. The summed E-state index contributed by atoms with van der Waals surface area (Å²) in [6, 6.07) is 10.6. The summed E-state index contributed by atoms with van der Waals surface area (Å²) in [7, 11) is 0. The largest absolute Gasteiger partial charge is 0.361 e. The Kier molecular flexibility index (Phi) is 4.59. The molecule has 0 fully saturated rings. The van der Waals surface area contributed by atoms with Crippen molar-refractivity contribution in [3.63, 3.8) is 0 Å². The normalized spacial score (nSPS) is 12.7. The average molecular weight is 274 g/mol. The van der Waals surface area contributed by atoms with E-state index in [1.165, 1.54) is 10.4 Å². The molecule has 0 aliphatic heterocycles. The van der Waals surface area contributed by atoms with Crippen LogP contribution in [0.15, 0.2) is 30.3 Å². The Morgan fingerprint density at radius 3 is 2.42 bits per heavy atom. The molecule has 1 unspecified atom stereocenters. The SMILES string of the molecule is Cc1nc(NCC(C)c2ccccc2)sc1C(C)C. The molecule has 0 radical (unpaired) electrons. The molecule has 0 bridgehead atoms. The summed E-state index contributed by atoms with van der Waals surface area (Å²) in [5.74, 6) is 1.05. The number of hydrogen-bond donors (Lipinski definition) is 1. The summed E-state index contributed by atoms with van der Waals surface area (Å²) >= 11 is 1.78. The Morgan fingerprint density at radius 1 is 1.16 bits per heavy atom. The second-order valence-corrected chi connectivity index (χ2v) is 6.35. The lowest BCUT2D eigenvalue weighted by atomic mass is 10.0. The Hall–Kier alpha value is -1.35. The minimum Gasteiger partial charge on any atom is -0.361 e. The first-order valence-electron chi connectivity index (χ1n) is 6.84. The predicted molar refractivity (Wildman–Crippen MR) is 84.3 cm³/mol. The predicted octanol–water partition coefficient (Wildman–Crippen LogP) is 4.79. The first-order valence-corrected chi connectivity index (χ1v) is 7.65. The highest BCUT2D eigenvalue weighted by molar-refractivity contribution is 7.15. The van der Waals surface area contributed by atoms with Gasteiger partial charge in [0.2, 0.25) is 0 Å². The van der Waals surface area contributed by atoms with E-state index in [-0.39, 0.29) is 0 Å². The minimum atomic E-state index is 0.493. The van der Waals surface area contributed by atoms with Gasteiger partial charge in [-0.2, -0.15) is 0 Å². The molecule has 1 aromatic heterocycles. The lowest BCUT2D eigenvalue weighted by Gasteiger charge is -2.12. The van der Waals surface area contributed by atoms with Gasteiger partial charge in [-0.05, 0) is 24.3 Å². The number of aryl methyl sites for hydroxylation is 1. The molecule has 2 aromatic rings. The zero-order valence-corrected chi connectivity index (χ0v) is 12.9. The van der Waals surface area contributed by atoms with Gasteiger partial charge in [0.25, 0.3) is 0 Å². The summed E-state index contributed by atoms with van der Waals surface area (Å²) in [6.07, 6.45) is 0. The van der Waals surface area contributed by atoms with E-state index in [2.05, 4.69) is 68.3 Å². The number of thiazole rings is 1. The van der Waals surface area contributed by atoms with Crippen LogP contribution in [0.1, 0.15) is 48.7 Å². The van der Waals surface area contributed by atoms with Crippen molar-refractivity contribution in [1.29, 1.82) is 0 Å². The third-order valence-corrected chi connectivity index (χ3v) is 4.70. The van der Waals surface area contributed by atoms with E-state index in [0.717, 1.165) is 17.4 Å². The number of benzene rings is 1. The maximum Gasteiger partial charge on any atom is 0.183 e. The Balaban J connectivity index is 1.97. The fourth-order valence-corrected chi connectivity index (χ4v) is 3.13. The van der Waals surface area contributed by atoms with Crippen LogP contribution in [0.4, 0.5) is 5.13 Å². The van der Waals surface area contributed by atoms with Crippen molar-refractivity contribution in [2.45, 2.75) is 39.5 Å². The van der Waals surface area contributed by atoms with Crippen LogP contribution in [-0.4, -0.2) is 11.5 Å². The van der Waals surface area contributed by atoms with Crippen LogP contribution in [0.25, 0.3) is 0 Å². The average Bonchev–Trinajstić information content (AvgIpc) is 2.78. The topological polar surface area (TPSA) is 24.9 Å². The van der Waals surface area contributed by atoms with Crippen molar-refractivity contribution in [1.82, 2.24) is 4.98 Å². The molecule has 0 amide bonds. The maximum atomic E-state index is 4.60. The number of anilines is 1. The first-order chi connectivity index (χ1) is 9.08. The molecule has 0 spiro atoms. The molecular formula is C16H22N2S. The fraction of sp³-hybridized carbons (Fsp3) is 0.438. The summed E-state index contributed by atoms with van der Waals surface area (Å²) < 4.78 is 0. The van der Waals surface area contributed by atoms with Crippen LogP contribution < -0.4 is 5.32 Å². The lowest BCUT2D eigenvalue weighted by Crippen LogP contribution is -2.09. The number of rotatable bonds is 5. The van der Waals surface area contributed by atoms with Gasteiger partial charge in [-0.3, -0.25) is 0 Å². The highest BCUT2D eigenvalue weighted by Crippen LogP contribution is 2.29. The van der Waals surface area contributed by atoms with Crippen LogP contribution in [-0.2, 0) is 0 Å². The number of nitrogens with zero attached hydrogens (tertiary/aromatic N) is 1. The zero-order chi connectivity index (χ0) is 13.8. The smallest absolute Gasteiger partial charge is 0.183 e. The zero-order valence-electron chi connectivity index (χ0n) is 12.1. The van der Waals surface area contributed by atoms with Crippen LogP contribution in [0.5, 0.6) is 0 Å². The van der Waals surface area contributed by atoms with E-state index in [4.69, 9.17) is 0 Å². The van der Waals surface area contributed by atoms with Crippen LogP contribution in [0.3, 0.4) is 0 Å². The van der Waals surface area contributed by atoms with Crippen molar-refractivity contribution in [3.05, 3.63) is 46.5 Å². The van der Waals surface area contributed by atoms with Gasteiger partial charge in [0.05, 0.1) is 5.69 Å². The van der Waals surface area contributed by atoms with Crippen molar-refractivity contribution in [2.75, 3.05) is 11.9 Å². The van der Waals surface area contributed by atoms with E-state index >= 15 is 0 Å². The molecule has 0 saturated carbocycles. The Bertz CT molecular complexity index is 517. The summed E-state index contributed by atoms with van der Waals surface area (Å²) in [5, 5.41) is 4.51. The fourth-order valence-electron chi connectivity index (χ4n) is 2.16. The molecule has 2 nitrogen and oxygen atoms in total. The second kappa shape index (κ2) is 6.20. The quantitative estimate of drug-likeness (QED) is 0.848. The standard InChI is InChI=1S/C16H22N2S/c1-11(2)15-13(4)18-16(19-15)17-10-12(3)14-8-6-5-7-9-14/h5-9,11-12H,10H2,1-4H3,(H,17,18). The van der Waals surface area contributed by atoms with E-state index in [1.54, 1.807) is 11.3 Å². The van der Waals surface area contributed by atoms with Gasteiger partial charge in [0.1, 0.15) is 0 Å². The molecule has 2 rings (SSSR count). The molecule has 1 aromatic carbocycles. The Labute approximate surface area is 119 Å². The van der Waals surface area contributed by atoms with Crippen LogP contribution >= 0.6 is 11.3 Å². The molecule has 1 heterocycles. The van der Waals surface area contributed by atoms with E-state index in [1.807, 2.05) is 0 Å². The van der Waals surface area contributed by atoms with Crippen molar-refractivity contribution in [3.8, 4) is 0 Å². The van der Waals surface area contributed by atoms with Gasteiger partial charge in [0.15, 0.2) is 5.13 Å². The van der Waals surface area contributed by atoms with E-state index in [0.29, 0.717) is 11.8 Å². The third-order valence-electron chi connectivity index (χ3n) is 3.28. The Morgan fingerprint density at radius 2 is 1.84 bits per heavy atom. The summed E-state index contributed by atoms with van der Waals surface area (Å²) in [4.78, 5) is 5.99. The highest BCUT2D eigenvalue weighted by Gasteiger charge is 2.11. The highest BCUT2D eigenvalue weighted by atomic mass is 32.1. The molecule has 0 aliphatic carbocycles.